The van der Waals surface area contributed by atoms with Crippen LogP contribution in [-0.4, -0.2) is 66.0 Å². The Balaban J connectivity index is 1.51. The van der Waals surface area contributed by atoms with Crippen molar-refractivity contribution in [2.45, 2.75) is 12.8 Å². The molecule has 0 saturated carbocycles. The number of carboxylic acids is 1. The van der Waals surface area contributed by atoms with Gasteiger partial charge < -0.3 is 19.6 Å². The van der Waals surface area contributed by atoms with Crippen molar-refractivity contribution in [3.8, 4) is 5.75 Å². The molecule has 0 aromatic heterocycles. The first-order valence-corrected chi connectivity index (χ1v) is 9.47. The van der Waals surface area contributed by atoms with Crippen LogP contribution in [0.3, 0.4) is 0 Å². The Kier molecular flexibility index (Phi) is 6.49. The van der Waals surface area contributed by atoms with E-state index in [1.54, 1.807) is 29.0 Å². The van der Waals surface area contributed by atoms with Crippen molar-refractivity contribution >= 4 is 17.8 Å². The van der Waals surface area contributed by atoms with Gasteiger partial charge in [0.1, 0.15) is 5.75 Å². The SMILES string of the molecule is COc1cccc(CC(=O)N2CCN(C(=O)Cc3cccc(C(=O)O)c3)CC2)c1. The molecule has 1 heterocycles. The first kappa shape index (κ1) is 20.4. The number of nitrogens with zero attached hydrogens (tertiary/aromatic N) is 2. The van der Waals surface area contributed by atoms with E-state index in [0.717, 1.165) is 11.3 Å². The first-order chi connectivity index (χ1) is 14.0. The summed E-state index contributed by atoms with van der Waals surface area (Å²) in [6.07, 6.45) is 0.450. The fraction of sp³-hybridized carbons (Fsp3) is 0.318. The summed E-state index contributed by atoms with van der Waals surface area (Å²) in [5, 5.41) is 9.07. The third-order valence-electron chi connectivity index (χ3n) is 5.00. The normalized spacial score (nSPS) is 13.8. The van der Waals surface area contributed by atoms with Gasteiger partial charge in [0.05, 0.1) is 25.5 Å². The molecule has 0 aliphatic carbocycles. The molecule has 2 amide bonds. The summed E-state index contributed by atoms with van der Waals surface area (Å²) in [6, 6.07) is 13.9. The summed E-state index contributed by atoms with van der Waals surface area (Å²) in [5.74, 6) is -0.327. The number of rotatable bonds is 6. The minimum atomic E-state index is -1.01. The Bertz CT molecular complexity index is 904. The molecule has 1 aliphatic heterocycles. The second-order valence-corrected chi connectivity index (χ2v) is 6.97. The van der Waals surface area contributed by atoms with Gasteiger partial charge in [0.15, 0.2) is 0 Å². The third kappa shape index (κ3) is 5.34. The molecule has 0 unspecified atom stereocenters. The topological polar surface area (TPSA) is 87.2 Å². The van der Waals surface area contributed by atoms with E-state index in [2.05, 4.69) is 0 Å². The van der Waals surface area contributed by atoms with E-state index in [0.29, 0.717) is 38.2 Å². The minimum Gasteiger partial charge on any atom is -0.497 e. The van der Waals surface area contributed by atoms with Crippen molar-refractivity contribution in [1.29, 1.82) is 0 Å². The lowest BCUT2D eigenvalue weighted by Crippen LogP contribution is -2.51. The summed E-state index contributed by atoms with van der Waals surface area (Å²) < 4.78 is 5.19. The maximum Gasteiger partial charge on any atom is 0.335 e. The molecule has 2 aromatic rings. The molecular weight excluding hydrogens is 372 g/mol. The van der Waals surface area contributed by atoms with Crippen molar-refractivity contribution in [1.82, 2.24) is 9.80 Å². The molecule has 1 saturated heterocycles. The monoisotopic (exact) mass is 396 g/mol. The van der Waals surface area contributed by atoms with Crippen LogP contribution in [0.1, 0.15) is 21.5 Å². The Labute approximate surface area is 169 Å². The highest BCUT2D eigenvalue weighted by Crippen LogP contribution is 2.15. The van der Waals surface area contributed by atoms with E-state index in [1.165, 1.54) is 12.1 Å². The number of hydrogen-bond donors (Lipinski definition) is 1. The van der Waals surface area contributed by atoms with Gasteiger partial charge in [-0.3, -0.25) is 9.59 Å². The van der Waals surface area contributed by atoms with E-state index in [4.69, 9.17) is 9.84 Å². The summed E-state index contributed by atoms with van der Waals surface area (Å²) in [7, 11) is 1.59. The van der Waals surface area contributed by atoms with E-state index >= 15 is 0 Å². The molecule has 2 aromatic carbocycles. The fourth-order valence-electron chi connectivity index (χ4n) is 3.37. The van der Waals surface area contributed by atoms with Crippen LogP contribution in [0.25, 0.3) is 0 Å². The van der Waals surface area contributed by atoms with Gasteiger partial charge in [-0.15, -0.1) is 0 Å². The maximum absolute atomic E-state index is 12.6. The number of methoxy groups -OCH3 is 1. The smallest absolute Gasteiger partial charge is 0.335 e. The second-order valence-electron chi connectivity index (χ2n) is 6.97. The molecule has 0 bridgehead atoms. The molecule has 1 fully saturated rings. The van der Waals surface area contributed by atoms with Crippen LogP contribution in [0.5, 0.6) is 5.75 Å². The number of benzene rings is 2. The number of hydrogen-bond acceptors (Lipinski definition) is 4. The molecule has 1 N–H and O–H groups in total. The highest BCUT2D eigenvalue weighted by atomic mass is 16.5. The van der Waals surface area contributed by atoms with E-state index in [-0.39, 0.29) is 23.8 Å². The van der Waals surface area contributed by atoms with Crippen molar-refractivity contribution in [3.63, 3.8) is 0 Å². The fourth-order valence-corrected chi connectivity index (χ4v) is 3.37. The Morgan fingerprint density at radius 3 is 1.90 bits per heavy atom. The van der Waals surface area contributed by atoms with Crippen LogP contribution in [0.15, 0.2) is 48.5 Å². The van der Waals surface area contributed by atoms with Gasteiger partial charge in [0, 0.05) is 26.2 Å². The Morgan fingerprint density at radius 1 is 0.862 bits per heavy atom. The van der Waals surface area contributed by atoms with Gasteiger partial charge in [0.25, 0.3) is 0 Å². The van der Waals surface area contributed by atoms with Crippen LogP contribution < -0.4 is 4.74 Å². The predicted molar refractivity (Wildman–Crippen MR) is 107 cm³/mol. The average Bonchev–Trinajstić information content (AvgIpc) is 2.74. The number of carbonyl (C=O) groups is 3. The second kappa shape index (κ2) is 9.23. The lowest BCUT2D eigenvalue weighted by Gasteiger charge is -2.35. The Hall–Kier alpha value is -3.35. The number of aromatic carboxylic acids is 1. The van der Waals surface area contributed by atoms with Gasteiger partial charge in [0.2, 0.25) is 11.8 Å². The lowest BCUT2D eigenvalue weighted by molar-refractivity contribution is -0.138. The highest BCUT2D eigenvalue weighted by molar-refractivity contribution is 5.88. The predicted octanol–water partition coefficient (Wildman–Crippen LogP) is 1.85. The summed E-state index contributed by atoms with van der Waals surface area (Å²) in [4.78, 5) is 39.7. The van der Waals surface area contributed by atoms with Gasteiger partial charge in [-0.1, -0.05) is 24.3 Å². The van der Waals surface area contributed by atoms with Crippen LogP contribution in [-0.2, 0) is 22.4 Å². The molecule has 0 spiro atoms. The average molecular weight is 396 g/mol. The van der Waals surface area contributed by atoms with Gasteiger partial charge >= 0.3 is 5.97 Å². The van der Waals surface area contributed by atoms with E-state index < -0.39 is 5.97 Å². The van der Waals surface area contributed by atoms with Crippen molar-refractivity contribution in [2.24, 2.45) is 0 Å². The molecule has 7 heteroatoms. The van der Waals surface area contributed by atoms with Crippen LogP contribution in [0.4, 0.5) is 0 Å². The summed E-state index contributed by atoms with van der Waals surface area (Å²) in [5.41, 5.74) is 1.74. The molecule has 29 heavy (non-hydrogen) atoms. The number of carbonyl (C=O) groups excluding carboxylic acids is 2. The number of carboxylic acid groups (broad SMARTS) is 1. The summed E-state index contributed by atoms with van der Waals surface area (Å²) >= 11 is 0. The highest BCUT2D eigenvalue weighted by Gasteiger charge is 2.24. The van der Waals surface area contributed by atoms with Crippen LogP contribution in [0, 0.1) is 0 Å². The zero-order valence-electron chi connectivity index (χ0n) is 16.3. The van der Waals surface area contributed by atoms with Crippen molar-refractivity contribution < 1.29 is 24.2 Å². The summed E-state index contributed by atoms with van der Waals surface area (Å²) in [6.45, 7) is 1.93. The maximum atomic E-state index is 12.6. The first-order valence-electron chi connectivity index (χ1n) is 9.47. The minimum absolute atomic E-state index is 0.0273. The van der Waals surface area contributed by atoms with E-state index in [9.17, 15) is 14.4 Å². The molecule has 0 atom stereocenters. The van der Waals surface area contributed by atoms with Crippen LogP contribution >= 0.6 is 0 Å². The molecule has 3 rings (SSSR count). The zero-order chi connectivity index (χ0) is 20.8. The Morgan fingerprint density at radius 2 is 1.38 bits per heavy atom. The molecule has 152 valence electrons. The van der Waals surface area contributed by atoms with E-state index in [1.807, 2.05) is 24.3 Å². The van der Waals surface area contributed by atoms with Gasteiger partial charge in [-0.05, 0) is 35.4 Å². The standard InChI is InChI=1S/C22H24N2O5/c1-29-19-7-3-5-17(13-19)15-21(26)24-10-8-23(9-11-24)20(25)14-16-4-2-6-18(12-16)22(27)28/h2-7,12-13H,8-11,14-15H2,1H3,(H,27,28). The number of amides is 2. The molecular formula is C22H24N2O5. The van der Waals surface area contributed by atoms with Crippen molar-refractivity contribution in [2.75, 3.05) is 33.3 Å². The lowest BCUT2D eigenvalue weighted by atomic mass is 10.1. The third-order valence-corrected chi connectivity index (χ3v) is 5.00. The molecule has 1 aliphatic rings. The molecule has 0 radical (unpaired) electrons. The quantitative estimate of drug-likeness (QED) is 0.805. The van der Waals surface area contributed by atoms with Crippen LogP contribution in [0.2, 0.25) is 0 Å². The zero-order valence-corrected chi connectivity index (χ0v) is 16.3. The number of piperazine rings is 1. The molecule has 7 nitrogen and oxygen atoms in total. The van der Waals surface area contributed by atoms with Gasteiger partial charge in [-0.25, -0.2) is 4.79 Å². The number of ether oxygens (including phenoxy) is 1. The largest absolute Gasteiger partial charge is 0.497 e. The van der Waals surface area contributed by atoms with Gasteiger partial charge in [-0.2, -0.15) is 0 Å². The van der Waals surface area contributed by atoms with Crippen molar-refractivity contribution in [3.05, 3.63) is 65.2 Å².